The third-order valence-corrected chi connectivity index (χ3v) is 3.76. The fourth-order valence-electron chi connectivity index (χ4n) is 2.54. The number of hydrogen-bond donors (Lipinski definition) is 5. The number of benzene rings is 1. The fraction of sp³-hybridized carbons (Fsp3) is 0.125. The molecule has 0 unspecified atom stereocenters. The quantitative estimate of drug-likeness (QED) is 0.431. The summed E-state index contributed by atoms with van der Waals surface area (Å²) in [7, 11) is 0. The minimum Gasteiger partial charge on any atom is -0.384 e. The van der Waals surface area contributed by atoms with Crippen molar-refractivity contribution in [2.45, 2.75) is 12.8 Å². The van der Waals surface area contributed by atoms with E-state index in [1.165, 1.54) is 5.57 Å². The average Bonchev–Trinajstić information content (AvgIpc) is 2.90. The first kappa shape index (κ1) is 18.8. The predicted octanol–water partition coefficient (Wildman–Crippen LogP) is 3.34. The van der Waals surface area contributed by atoms with Gasteiger partial charge in [0.1, 0.15) is 11.7 Å². The number of aromatic nitrogens is 1. The third kappa shape index (κ3) is 3.75. The highest BCUT2D eigenvalue weighted by molar-refractivity contribution is 5.99. The van der Waals surface area contributed by atoms with E-state index in [4.69, 9.17) is 22.3 Å². The number of amidine groups is 2. The van der Waals surface area contributed by atoms with Crippen molar-refractivity contribution in [3.63, 3.8) is 0 Å². The summed E-state index contributed by atoms with van der Waals surface area (Å²) in [6.45, 7) is 0. The van der Waals surface area contributed by atoms with Crippen LogP contribution in [0.15, 0.2) is 42.0 Å². The summed E-state index contributed by atoms with van der Waals surface area (Å²) in [5.74, 6) is 0.215. The maximum atomic E-state index is 7.49. The maximum absolute atomic E-state index is 7.49. The van der Waals surface area contributed by atoms with Gasteiger partial charge < -0.3 is 16.5 Å². The third-order valence-electron chi connectivity index (χ3n) is 3.76. The molecule has 5 nitrogen and oxygen atoms in total. The number of halogens is 2. The van der Waals surface area contributed by atoms with Crippen molar-refractivity contribution < 1.29 is 0 Å². The molecule has 0 radical (unpaired) electrons. The summed E-state index contributed by atoms with van der Waals surface area (Å²) in [6, 6.07) is 7.80. The Kier molecular flexibility index (Phi) is 6.01. The van der Waals surface area contributed by atoms with Crippen LogP contribution in [0, 0.1) is 10.8 Å². The molecule has 1 aromatic carbocycles. The Hall–Kier alpha value is -2.24. The second-order valence-corrected chi connectivity index (χ2v) is 5.18. The number of aromatic amines is 1. The number of rotatable bonds is 3. The molecule has 0 amide bonds. The zero-order chi connectivity index (χ0) is 15.0. The molecule has 0 aliphatic heterocycles. The molecule has 7 heteroatoms. The monoisotopic (exact) mass is 351 g/mol. The summed E-state index contributed by atoms with van der Waals surface area (Å²) in [5, 5.41) is 16.0. The van der Waals surface area contributed by atoms with Crippen molar-refractivity contribution >= 4 is 53.0 Å². The predicted molar refractivity (Wildman–Crippen MR) is 101 cm³/mol. The molecule has 3 rings (SSSR count). The molecule has 0 saturated carbocycles. The lowest BCUT2D eigenvalue weighted by molar-refractivity contribution is 1.16. The zero-order valence-electron chi connectivity index (χ0n) is 12.3. The van der Waals surface area contributed by atoms with Gasteiger partial charge in [0.05, 0.1) is 0 Å². The summed E-state index contributed by atoms with van der Waals surface area (Å²) >= 11 is 0. The lowest BCUT2D eigenvalue weighted by Gasteiger charge is -2.11. The molecule has 0 atom stereocenters. The van der Waals surface area contributed by atoms with Gasteiger partial charge in [-0.05, 0) is 36.1 Å². The number of fused-ring (bicyclic) bond motifs is 1. The normalized spacial score (nSPS) is 13.4. The van der Waals surface area contributed by atoms with Crippen LogP contribution in [0.4, 0.5) is 0 Å². The maximum Gasteiger partial charge on any atom is 0.122 e. The Morgan fingerprint density at radius 3 is 2.26 bits per heavy atom. The Bertz CT molecular complexity index is 817. The largest absolute Gasteiger partial charge is 0.384 e. The van der Waals surface area contributed by atoms with Crippen LogP contribution in [0.5, 0.6) is 0 Å². The first-order chi connectivity index (χ1) is 10.0. The lowest BCUT2D eigenvalue weighted by Crippen LogP contribution is -2.13. The van der Waals surface area contributed by atoms with E-state index >= 15 is 0 Å². The molecule has 2 aromatic rings. The molecule has 0 bridgehead atoms. The summed E-state index contributed by atoms with van der Waals surface area (Å²) in [6.07, 6.45) is 5.57. The van der Waals surface area contributed by atoms with Crippen molar-refractivity contribution in [2.75, 3.05) is 0 Å². The molecule has 7 N–H and O–H groups in total. The van der Waals surface area contributed by atoms with Crippen molar-refractivity contribution in [3.05, 3.63) is 53.2 Å². The second-order valence-electron chi connectivity index (χ2n) is 5.18. The van der Waals surface area contributed by atoms with Crippen molar-refractivity contribution in [2.24, 2.45) is 11.5 Å². The first-order valence-electron chi connectivity index (χ1n) is 6.74. The number of nitrogens with two attached hydrogens (primary N) is 2. The van der Waals surface area contributed by atoms with E-state index in [0.717, 1.165) is 28.6 Å². The van der Waals surface area contributed by atoms with E-state index in [0.29, 0.717) is 12.0 Å². The molecular formula is C16H19Cl2N5. The highest BCUT2D eigenvalue weighted by Crippen LogP contribution is 2.28. The molecule has 1 aliphatic rings. The number of nitrogen functional groups attached to an aromatic ring is 1. The topological polar surface area (TPSA) is 116 Å². The molecular weight excluding hydrogens is 333 g/mol. The molecule has 0 fully saturated rings. The van der Waals surface area contributed by atoms with Crippen molar-refractivity contribution in [1.29, 1.82) is 10.8 Å². The van der Waals surface area contributed by atoms with Gasteiger partial charge in [-0.1, -0.05) is 24.3 Å². The minimum atomic E-state index is 0. The van der Waals surface area contributed by atoms with Gasteiger partial charge in [-0.25, -0.2) is 0 Å². The Labute approximate surface area is 146 Å². The highest BCUT2D eigenvalue weighted by Gasteiger charge is 2.11. The molecule has 1 aromatic heterocycles. The number of H-pyrrole nitrogens is 1. The van der Waals surface area contributed by atoms with Crippen LogP contribution < -0.4 is 11.5 Å². The summed E-state index contributed by atoms with van der Waals surface area (Å²) in [4.78, 5) is 3.37. The van der Waals surface area contributed by atoms with E-state index < -0.39 is 0 Å². The Morgan fingerprint density at radius 2 is 1.70 bits per heavy atom. The van der Waals surface area contributed by atoms with Gasteiger partial charge in [0, 0.05) is 22.2 Å². The van der Waals surface area contributed by atoms with Crippen LogP contribution in [-0.2, 0) is 0 Å². The number of nitrogens with one attached hydrogen (secondary N) is 3. The van der Waals surface area contributed by atoms with Gasteiger partial charge in [0.15, 0.2) is 0 Å². The Morgan fingerprint density at radius 1 is 0.957 bits per heavy atom. The van der Waals surface area contributed by atoms with Gasteiger partial charge >= 0.3 is 0 Å². The van der Waals surface area contributed by atoms with E-state index in [1.54, 1.807) is 0 Å². The zero-order valence-corrected chi connectivity index (χ0v) is 14.0. The SMILES string of the molecule is Cl.Cl.N=C(N)C1=CCC(c2cc3ccc(C(=N)N)cc3[nH]2)=CC1. The smallest absolute Gasteiger partial charge is 0.122 e. The molecule has 0 saturated heterocycles. The van der Waals surface area contributed by atoms with Crippen LogP contribution in [0.1, 0.15) is 24.1 Å². The van der Waals surface area contributed by atoms with Gasteiger partial charge in [0.25, 0.3) is 0 Å². The molecule has 23 heavy (non-hydrogen) atoms. The van der Waals surface area contributed by atoms with Crippen LogP contribution >= 0.6 is 24.8 Å². The van der Waals surface area contributed by atoms with E-state index in [1.807, 2.05) is 24.3 Å². The average molecular weight is 352 g/mol. The van der Waals surface area contributed by atoms with Crippen LogP contribution in [0.3, 0.4) is 0 Å². The van der Waals surface area contributed by atoms with Crippen LogP contribution in [0.25, 0.3) is 16.5 Å². The second kappa shape index (κ2) is 7.35. The van der Waals surface area contributed by atoms with E-state index in [-0.39, 0.29) is 36.5 Å². The Balaban J connectivity index is 0.00000132. The number of hydrogen-bond acceptors (Lipinski definition) is 2. The lowest BCUT2D eigenvalue weighted by atomic mass is 9.97. The highest BCUT2D eigenvalue weighted by atomic mass is 35.5. The van der Waals surface area contributed by atoms with Crippen LogP contribution in [-0.4, -0.2) is 16.7 Å². The molecule has 122 valence electrons. The van der Waals surface area contributed by atoms with E-state index in [2.05, 4.69) is 17.1 Å². The van der Waals surface area contributed by atoms with E-state index in [9.17, 15) is 0 Å². The number of allylic oxidation sites excluding steroid dienone is 3. The van der Waals surface area contributed by atoms with Gasteiger partial charge in [-0.3, -0.25) is 10.8 Å². The van der Waals surface area contributed by atoms with Crippen LogP contribution in [0.2, 0.25) is 0 Å². The van der Waals surface area contributed by atoms with Gasteiger partial charge in [-0.15, -0.1) is 24.8 Å². The molecule has 1 heterocycles. The molecule has 1 aliphatic carbocycles. The summed E-state index contributed by atoms with van der Waals surface area (Å²) < 4.78 is 0. The van der Waals surface area contributed by atoms with Gasteiger partial charge in [0.2, 0.25) is 0 Å². The summed E-state index contributed by atoms with van der Waals surface area (Å²) in [5.41, 5.74) is 15.8. The fourth-order valence-corrected chi connectivity index (χ4v) is 2.54. The minimum absolute atomic E-state index is 0. The van der Waals surface area contributed by atoms with Crippen molar-refractivity contribution in [1.82, 2.24) is 4.98 Å². The van der Waals surface area contributed by atoms with Crippen molar-refractivity contribution in [3.8, 4) is 0 Å². The first-order valence-corrected chi connectivity index (χ1v) is 6.74. The van der Waals surface area contributed by atoms with Gasteiger partial charge in [-0.2, -0.15) is 0 Å². The standard InChI is InChI=1S/C16H17N5.2ClH/c17-15(18)10-3-1-9(2-4-10)13-7-11-5-6-12(16(19)20)8-14(11)21-13;;/h1,4-8,21H,2-3H2,(H3,17,18)(H3,19,20);2*1H. The molecule has 0 spiro atoms.